The fourth-order valence-corrected chi connectivity index (χ4v) is 2.16. The number of aliphatic hydroxyl groups excluding tert-OH is 1. The van der Waals surface area contributed by atoms with Crippen LogP contribution in [0.2, 0.25) is 0 Å². The largest absolute Gasteiger partial charge is 0.393 e. The molecule has 0 aliphatic carbocycles. The second kappa shape index (κ2) is 7.24. The number of hydrogen-bond acceptors (Lipinski definition) is 8. The number of fused-ring (bicyclic) bond motifs is 1. The highest BCUT2D eigenvalue weighted by molar-refractivity contribution is 5.92. The monoisotopic (exact) mass is 330 g/mol. The van der Waals surface area contributed by atoms with Gasteiger partial charge in [-0.3, -0.25) is 5.43 Å². The van der Waals surface area contributed by atoms with Crippen LogP contribution in [0.5, 0.6) is 0 Å². The average Bonchev–Trinajstić information content (AvgIpc) is 2.57. The summed E-state index contributed by atoms with van der Waals surface area (Å²) in [7, 11) is 0. The lowest BCUT2D eigenvalue weighted by Gasteiger charge is -2.21. The first kappa shape index (κ1) is 17.6. The molecule has 0 bridgehead atoms. The number of aromatic nitrogens is 2. The predicted molar refractivity (Wildman–Crippen MR) is 96.5 cm³/mol. The second-order valence-electron chi connectivity index (χ2n) is 5.64. The molecule has 8 heteroatoms. The fraction of sp³-hybridized carbons (Fsp3) is 0.312. The maximum Gasteiger partial charge on any atom is 0.222 e. The number of nitrogen functional groups attached to an aromatic ring is 1. The highest BCUT2D eigenvalue weighted by atomic mass is 16.3. The molecule has 1 atom stereocenters. The molecule has 0 saturated heterocycles. The Balaban J connectivity index is 2.42. The first-order valence-electron chi connectivity index (χ1n) is 7.43. The molecule has 6 N–H and O–H groups in total. The number of hydrazone groups is 1. The Morgan fingerprint density at radius 3 is 2.83 bits per heavy atom. The summed E-state index contributed by atoms with van der Waals surface area (Å²) >= 11 is 0. The van der Waals surface area contributed by atoms with Crippen molar-refractivity contribution in [3.63, 3.8) is 0 Å². The molecule has 128 valence electrons. The summed E-state index contributed by atoms with van der Waals surface area (Å²) in [6.07, 6.45) is 1.87. The van der Waals surface area contributed by atoms with Crippen LogP contribution in [-0.4, -0.2) is 45.7 Å². The number of aliphatic hydroxyl groups is 2. The Morgan fingerprint density at radius 1 is 1.46 bits per heavy atom. The number of nitrogens with zero attached hydrogens (tertiary/aromatic N) is 3. The van der Waals surface area contributed by atoms with Crippen LogP contribution in [-0.2, 0) is 0 Å². The SMILES string of the molecule is C=NN/C(=C\C)c1ccc2c(NCC(C)(O)CO)nc(N)nc2c1. The van der Waals surface area contributed by atoms with E-state index >= 15 is 0 Å². The average molecular weight is 330 g/mol. The van der Waals surface area contributed by atoms with Crippen LogP contribution < -0.4 is 16.5 Å². The molecule has 0 aliphatic heterocycles. The summed E-state index contributed by atoms with van der Waals surface area (Å²) in [5.74, 6) is 0.609. The van der Waals surface area contributed by atoms with Crippen molar-refractivity contribution in [3.8, 4) is 0 Å². The fourth-order valence-electron chi connectivity index (χ4n) is 2.16. The maximum absolute atomic E-state index is 9.91. The van der Waals surface area contributed by atoms with Gasteiger partial charge >= 0.3 is 0 Å². The van der Waals surface area contributed by atoms with E-state index in [0.717, 1.165) is 16.6 Å². The lowest BCUT2D eigenvalue weighted by molar-refractivity contribution is 0.0132. The molecule has 24 heavy (non-hydrogen) atoms. The number of nitrogens with one attached hydrogen (secondary N) is 2. The Kier molecular flexibility index (Phi) is 5.32. The third-order valence-corrected chi connectivity index (χ3v) is 3.49. The summed E-state index contributed by atoms with van der Waals surface area (Å²) in [6.45, 7) is 6.58. The zero-order valence-corrected chi connectivity index (χ0v) is 13.7. The first-order chi connectivity index (χ1) is 11.4. The molecular formula is C16H22N6O2. The minimum absolute atomic E-state index is 0.114. The first-order valence-corrected chi connectivity index (χ1v) is 7.43. The molecular weight excluding hydrogens is 308 g/mol. The van der Waals surface area contributed by atoms with E-state index in [-0.39, 0.29) is 19.1 Å². The Morgan fingerprint density at radius 2 is 2.21 bits per heavy atom. The van der Waals surface area contributed by atoms with Gasteiger partial charge in [0.15, 0.2) is 0 Å². The van der Waals surface area contributed by atoms with E-state index in [9.17, 15) is 5.11 Å². The summed E-state index contributed by atoms with van der Waals surface area (Å²) in [4.78, 5) is 8.43. The maximum atomic E-state index is 9.91. The van der Waals surface area contributed by atoms with Crippen molar-refractivity contribution in [3.05, 3.63) is 29.8 Å². The molecule has 2 rings (SSSR count). The van der Waals surface area contributed by atoms with Gasteiger partial charge in [0.05, 0.1) is 17.8 Å². The third kappa shape index (κ3) is 3.98. The van der Waals surface area contributed by atoms with E-state index in [1.165, 1.54) is 6.92 Å². The number of hydrogen-bond donors (Lipinski definition) is 5. The van der Waals surface area contributed by atoms with Gasteiger partial charge in [0, 0.05) is 24.2 Å². The summed E-state index contributed by atoms with van der Waals surface area (Å²) < 4.78 is 0. The van der Waals surface area contributed by atoms with Crippen molar-refractivity contribution in [2.24, 2.45) is 5.10 Å². The van der Waals surface area contributed by atoms with E-state index in [2.05, 4.69) is 32.5 Å². The Bertz CT molecular complexity index is 772. The number of nitrogens with two attached hydrogens (primary N) is 1. The molecule has 0 aliphatic rings. The van der Waals surface area contributed by atoms with Gasteiger partial charge in [-0.2, -0.15) is 10.1 Å². The van der Waals surface area contributed by atoms with Gasteiger partial charge in [0.1, 0.15) is 11.4 Å². The van der Waals surface area contributed by atoms with Crippen molar-refractivity contribution < 1.29 is 10.2 Å². The van der Waals surface area contributed by atoms with Crippen molar-refractivity contribution >= 4 is 35.1 Å². The highest BCUT2D eigenvalue weighted by Crippen LogP contribution is 2.25. The lowest BCUT2D eigenvalue weighted by Crippen LogP contribution is -2.37. The van der Waals surface area contributed by atoms with Crippen LogP contribution in [0.3, 0.4) is 0 Å². The minimum atomic E-state index is -1.26. The third-order valence-electron chi connectivity index (χ3n) is 3.49. The summed E-state index contributed by atoms with van der Waals surface area (Å²) in [5, 5.41) is 26.5. The van der Waals surface area contributed by atoms with Crippen molar-refractivity contribution in [1.82, 2.24) is 15.4 Å². The van der Waals surface area contributed by atoms with Crippen molar-refractivity contribution in [2.75, 3.05) is 24.2 Å². The molecule has 0 spiro atoms. The van der Waals surface area contributed by atoms with Gasteiger partial charge in [-0.05, 0) is 26.0 Å². The number of rotatable bonds is 7. The summed E-state index contributed by atoms with van der Waals surface area (Å²) in [6, 6.07) is 5.61. The number of benzene rings is 1. The van der Waals surface area contributed by atoms with Crippen LogP contribution in [0.1, 0.15) is 19.4 Å². The van der Waals surface area contributed by atoms with E-state index in [1.54, 1.807) is 0 Å². The van der Waals surface area contributed by atoms with Crippen LogP contribution in [0.25, 0.3) is 16.6 Å². The smallest absolute Gasteiger partial charge is 0.222 e. The van der Waals surface area contributed by atoms with E-state index < -0.39 is 5.60 Å². The zero-order chi connectivity index (χ0) is 17.7. The van der Waals surface area contributed by atoms with Gasteiger partial charge in [-0.15, -0.1) is 0 Å². The quantitative estimate of drug-likeness (QED) is 0.377. The van der Waals surface area contributed by atoms with Crippen LogP contribution in [0.4, 0.5) is 11.8 Å². The normalized spacial score (nSPS) is 14.2. The standard InChI is InChI=1S/C16H22N6O2/c1-4-12(22-18-3)10-5-6-11-13(7-10)20-15(17)21-14(11)19-8-16(2,24)9-23/h4-7,22-24H,3,8-9H2,1-2H3,(H3,17,19,20,21)/b12-4-. The second-order valence-corrected chi connectivity index (χ2v) is 5.64. The number of anilines is 2. The Labute approximate surface area is 140 Å². The van der Waals surface area contributed by atoms with E-state index in [0.29, 0.717) is 11.3 Å². The number of allylic oxidation sites excluding steroid dienone is 1. The molecule has 1 aromatic heterocycles. The summed E-state index contributed by atoms with van der Waals surface area (Å²) in [5.41, 5.74) is 9.66. The van der Waals surface area contributed by atoms with E-state index in [4.69, 9.17) is 10.8 Å². The lowest BCUT2D eigenvalue weighted by atomic mass is 10.1. The predicted octanol–water partition coefficient (Wildman–Crippen LogP) is 0.933. The van der Waals surface area contributed by atoms with Crippen LogP contribution >= 0.6 is 0 Å². The van der Waals surface area contributed by atoms with Crippen LogP contribution in [0, 0.1) is 0 Å². The van der Waals surface area contributed by atoms with Crippen LogP contribution in [0.15, 0.2) is 29.4 Å². The molecule has 2 aromatic rings. The molecule has 0 amide bonds. The van der Waals surface area contributed by atoms with Gasteiger partial charge in [-0.25, -0.2) is 4.98 Å². The molecule has 8 nitrogen and oxygen atoms in total. The van der Waals surface area contributed by atoms with Gasteiger partial charge < -0.3 is 21.3 Å². The molecule has 1 aromatic carbocycles. The van der Waals surface area contributed by atoms with Crippen molar-refractivity contribution in [2.45, 2.75) is 19.4 Å². The molecule has 0 radical (unpaired) electrons. The molecule has 1 heterocycles. The topological polar surface area (TPSA) is 129 Å². The Hall–Kier alpha value is -2.71. The van der Waals surface area contributed by atoms with Crippen molar-refractivity contribution in [1.29, 1.82) is 0 Å². The zero-order valence-electron chi connectivity index (χ0n) is 13.7. The van der Waals surface area contributed by atoms with E-state index in [1.807, 2.05) is 31.2 Å². The highest BCUT2D eigenvalue weighted by Gasteiger charge is 2.19. The molecule has 1 unspecified atom stereocenters. The van der Waals surface area contributed by atoms with Gasteiger partial charge in [-0.1, -0.05) is 12.1 Å². The van der Waals surface area contributed by atoms with Gasteiger partial charge in [0.2, 0.25) is 5.95 Å². The minimum Gasteiger partial charge on any atom is -0.393 e. The molecule has 0 fully saturated rings. The molecule has 0 saturated carbocycles. The van der Waals surface area contributed by atoms with Gasteiger partial charge in [0.25, 0.3) is 0 Å².